The van der Waals surface area contributed by atoms with Crippen molar-refractivity contribution in [3.8, 4) is 5.75 Å². The van der Waals surface area contributed by atoms with Crippen molar-refractivity contribution in [2.75, 3.05) is 13.1 Å². The van der Waals surface area contributed by atoms with E-state index in [2.05, 4.69) is 13.2 Å². The minimum atomic E-state index is -0.231. The van der Waals surface area contributed by atoms with E-state index in [0.717, 1.165) is 11.1 Å². The molecule has 0 heterocycles. The number of phenolic OH excluding ortho intramolecular Hbond substituents is 1. The summed E-state index contributed by atoms with van der Waals surface area (Å²) in [5.74, 6) is -0.0922. The molecule has 1 aromatic rings. The maximum atomic E-state index is 12.5. The van der Waals surface area contributed by atoms with E-state index in [4.69, 9.17) is 4.84 Å². The van der Waals surface area contributed by atoms with Crippen LogP contribution in [0.1, 0.15) is 30.4 Å². The van der Waals surface area contributed by atoms with Crippen LogP contribution >= 0.6 is 0 Å². The van der Waals surface area contributed by atoms with Gasteiger partial charge in [0, 0.05) is 0 Å². The highest BCUT2D eigenvalue weighted by Gasteiger charge is 2.34. The van der Waals surface area contributed by atoms with Crippen molar-refractivity contribution >= 4 is 5.97 Å². The molecular weight excluding hydrogens is 278 g/mol. The van der Waals surface area contributed by atoms with Crippen LogP contribution in [0.2, 0.25) is 0 Å². The number of nitrogens with zero attached hydrogens (tertiary/aromatic N) is 1. The zero-order valence-corrected chi connectivity index (χ0v) is 13.0. The van der Waals surface area contributed by atoms with Gasteiger partial charge in [0.25, 0.3) is 0 Å². The van der Waals surface area contributed by atoms with E-state index in [0.29, 0.717) is 31.7 Å². The fraction of sp³-hybridized carbons (Fsp3) is 0.389. The molecular formula is C18H23NO3. The molecule has 1 aromatic carbocycles. The number of hydrogen-bond acceptors (Lipinski definition) is 4. The monoisotopic (exact) mass is 301 g/mol. The highest BCUT2D eigenvalue weighted by molar-refractivity contribution is 5.74. The van der Waals surface area contributed by atoms with Gasteiger partial charge in [0.1, 0.15) is 5.75 Å². The molecule has 2 unspecified atom stereocenters. The van der Waals surface area contributed by atoms with Crippen molar-refractivity contribution in [3.63, 3.8) is 0 Å². The Morgan fingerprint density at radius 3 is 2.73 bits per heavy atom. The van der Waals surface area contributed by atoms with Gasteiger partial charge in [0.15, 0.2) is 0 Å². The summed E-state index contributed by atoms with van der Waals surface area (Å²) >= 11 is 0. The minimum Gasteiger partial charge on any atom is -0.508 e. The minimum absolute atomic E-state index is 0.0256. The average molecular weight is 301 g/mol. The van der Waals surface area contributed by atoms with Crippen molar-refractivity contribution in [1.82, 2.24) is 5.06 Å². The van der Waals surface area contributed by atoms with Gasteiger partial charge in [-0.3, -0.25) is 4.79 Å². The number of hydrogen-bond donors (Lipinski definition) is 1. The van der Waals surface area contributed by atoms with Crippen LogP contribution < -0.4 is 0 Å². The maximum absolute atomic E-state index is 12.5. The molecule has 4 nitrogen and oxygen atoms in total. The first-order valence-electron chi connectivity index (χ1n) is 7.57. The van der Waals surface area contributed by atoms with E-state index in [1.807, 2.05) is 19.1 Å². The van der Waals surface area contributed by atoms with Crippen LogP contribution in [0.4, 0.5) is 0 Å². The molecule has 22 heavy (non-hydrogen) atoms. The van der Waals surface area contributed by atoms with Crippen molar-refractivity contribution in [1.29, 1.82) is 0 Å². The topological polar surface area (TPSA) is 49.8 Å². The highest BCUT2D eigenvalue weighted by Crippen LogP contribution is 2.40. The molecule has 0 aromatic heterocycles. The molecule has 0 radical (unpaired) electrons. The van der Waals surface area contributed by atoms with Crippen LogP contribution in [-0.4, -0.2) is 29.2 Å². The van der Waals surface area contributed by atoms with Crippen molar-refractivity contribution in [2.45, 2.75) is 25.7 Å². The van der Waals surface area contributed by atoms with Crippen LogP contribution in [0.3, 0.4) is 0 Å². The fourth-order valence-corrected chi connectivity index (χ4v) is 3.01. The quantitative estimate of drug-likeness (QED) is 0.647. The van der Waals surface area contributed by atoms with Crippen LogP contribution in [0.5, 0.6) is 5.75 Å². The van der Waals surface area contributed by atoms with Crippen molar-refractivity contribution < 1.29 is 14.7 Å². The van der Waals surface area contributed by atoms with Gasteiger partial charge in [-0.25, -0.2) is 0 Å². The summed E-state index contributed by atoms with van der Waals surface area (Å²) in [5.41, 5.74) is 1.99. The number of benzene rings is 1. The Bertz CT molecular complexity index is 557. The first kappa shape index (κ1) is 16.3. The largest absolute Gasteiger partial charge is 0.508 e. The van der Waals surface area contributed by atoms with Crippen molar-refractivity contribution in [2.24, 2.45) is 5.92 Å². The number of phenols is 1. The lowest BCUT2D eigenvalue weighted by molar-refractivity contribution is -0.192. The first-order chi connectivity index (χ1) is 10.6. The number of fused-ring (bicyclic) bond motifs is 1. The first-order valence-corrected chi connectivity index (χ1v) is 7.57. The van der Waals surface area contributed by atoms with Gasteiger partial charge in [-0.2, -0.15) is 0 Å². The summed E-state index contributed by atoms with van der Waals surface area (Å²) in [4.78, 5) is 17.9. The van der Waals surface area contributed by atoms with Gasteiger partial charge in [0.2, 0.25) is 0 Å². The van der Waals surface area contributed by atoms with Gasteiger partial charge < -0.3 is 9.94 Å². The Kier molecular flexibility index (Phi) is 5.39. The summed E-state index contributed by atoms with van der Waals surface area (Å²) in [7, 11) is 0. The lowest BCUT2D eigenvalue weighted by Gasteiger charge is -2.31. The third-order valence-electron chi connectivity index (χ3n) is 4.17. The van der Waals surface area contributed by atoms with E-state index >= 15 is 0 Å². The predicted molar refractivity (Wildman–Crippen MR) is 86.4 cm³/mol. The summed E-state index contributed by atoms with van der Waals surface area (Å²) in [5, 5.41) is 11.5. The molecule has 0 spiro atoms. The lowest BCUT2D eigenvalue weighted by Crippen LogP contribution is -2.34. The standard InChI is InChI=1S/C18H23NO3/c1-4-11-19(12-5-2)22-18(21)15-9-10-16-14(13(15)3)7-6-8-17(16)20/h4-8,13,15,20H,1-2,9-12H2,3H3. The third kappa shape index (κ3) is 3.39. The Labute approximate surface area is 131 Å². The van der Waals surface area contributed by atoms with E-state index in [-0.39, 0.29) is 17.8 Å². The molecule has 2 atom stereocenters. The van der Waals surface area contributed by atoms with Crippen LogP contribution in [0, 0.1) is 5.92 Å². The number of carbonyl (C=O) groups is 1. The molecule has 2 rings (SSSR count). The van der Waals surface area contributed by atoms with Crippen molar-refractivity contribution in [3.05, 3.63) is 54.6 Å². The SMILES string of the molecule is C=CCN(CC=C)OC(=O)C1CCc2c(O)cccc2C1C. The molecule has 0 amide bonds. The molecule has 1 N–H and O–H groups in total. The Morgan fingerprint density at radius 1 is 1.41 bits per heavy atom. The Balaban J connectivity index is 2.11. The number of hydroxylamine groups is 2. The number of rotatable bonds is 6. The Hall–Kier alpha value is -2.07. The summed E-state index contributed by atoms with van der Waals surface area (Å²) in [6.45, 7) is 10.3. The fourth-order valence-electron chi connectivity index (χ4n) is 3.01. The molecule has 0 fully saturated rings. The van der Waals surface area contributed by atoms with E-state index < -0.39 is 0 Å². The summed E-state index contributed by atoms with van der Waals surface area (Å²) in [6, 6.07) is 5.49. The molecule has 0 saturated carbocycles. The molecule has 118 valence electrons. The molecule has 0 bridgehead atoms. The second-order valence-corrected chi connectivity index (χ2v) is 5.61. The van der Waals surface area contributed by atoms with Gasteiger partial charge in [0.05, 0.1) is 19.0 Å². The molecule has 1 aliphatic carbocycles. The van der Waals surface area contributed by atoms with E-state index in [1.54, 1.807) is 23.3 Å². The van der Waals surface area contributed by atoms with Gasteiger partial charge >= 0.3 is 5.97 Å². The van der Waals surface area contributed by atoms with E-state index in [1.165, 1.54) is 0 Å². The highest BCUT2D eigenvalue weighted by atomic mass is 16.7. The molecule has 1 aliphatic rings. The van der Waals surface area contributed by atoms with Crippen LogP contribution in [0.25, 0.3) is 0 Å². The summed E-state index contributed by atoms with van der Waals surface area (Å²) < 4.78 is 0. The zero-order valence-electron chi connectivity index (χ0n) is 13.0. The average Bonchev–Trinajstić information content (AvgIpc) is 2.49. The van der Waals surface area contributed by atoms with Crippen LogP contribution in [-0.2, 0) is 16.1 Å². The van der Waals surface area contributed by atoms with Gasteiger partial charge in [-0.1, -0.05) is 31.2 Å². The summed E-state index contributed by atoms with van der Waals surface area (Å²) in [6.07, 6.45) is 4.75. The zero-order chi connectivity index (χ0) is 16.1. The van der Waals surface area contributed by atoms with Gasteiger partial charge in [-0.05, 0) is 36.0 Å². The Morgan fingerprint density at radius 2 is 2.09 bits per heavy atom. The smallest absolute Gasteiger partial charge is 0.328 e. The number of carbonyl (C=O) groups excluding carboxylic acids is 1. The number of aromatic hydroxyl groups is 1. The third-order valence-corrected chi connectivity index (χ3v) is 4.17. The van der Waals surface area contributed by atoms with Crippen LogP contribution in [0.15, 0.2) is 43.5 Å². The van der Waals surface area contributed by atoms with Gasteiger partial charge in [-0.15, -0.1) is 18.2 Å². The molecule has 0 saturated heterocycles. The predicted octanol–water partition coefficient (Wildman–Crippen LogP) is 3.19. The van der Waals surface area contributed by atoms with E-state index in [9.17, 15) is 9.90 Å². The molecule has 0 aliphatic heterocycles. The second-order valence-electron chi connectivity index (χ2n) is 5.61. The second kappa shape index (κ2) is 7.27. The molecule has 4 heteroatoms. The maximum Gasteiger partial charge on any atom is 0.328 e. The lowest BCUT2D eigenvalue weighted by atomic mass is 9.76. The normalized spacial score (nSPS) is 20.3.